The third-order valence-corrected chi connectivity index (χ3v) is 6.35. The zero-order valence-electron chi connectivity index (χ0n) is 18.6. The van der Waals surface area contributed by atoms with Gasteiger partial charge in [0, 0.05) is 45.1 Å². The minimum absolute atomic E-state index is 0. The predicted octanol–water partition coefficient (Wildman–Crippen LogP) is 3.86. The summed E-state index contributed by atoms with van der Waals surface area (Å²) in [6, 6.07) is 0.473. The van der Waals surface area contributed by atoms with Gasteiger partial charge in [0.05, 0.1) is 12.4 Å². The molecule has 6 nitrogen and oxygen atoms in total. The van der Waals surface area contributed by atoms with Crippen LogP contribution < -0.4 is 5.32 Å². The Morgan fingerprint density at radius 1 is 1.17 bits per heavy atom. The molecule has 2 fully saturated rings. The van der Waals surface area contributed by atoms with Crippen LogP contribution in [0.1, 0.15) is 58.9 Å². The molecular weight excluding hydrogens is 475 g/mol. The third kappa shape index (κ3) is 7.42. The van der Waals surface area contributed by atoms with E-state index in [-0.39, 0.29) is 24.0 Å². The van der Waals surface area contributed by atoms with Gasteiger partial charge >= 0.3 is 0 Å². The molecule has 1 aromatic heterocycles. The number of piperidine rings is 2. The van der Waals surface area contributed by atoms with Gasteiger partial charge in [0.25, 0.3) is 0 Å². The normalized spacial score (nSPS) is 26.2. The summed E-state index contributed by atoms with van der Waals surface area (Å²) in [6.07, 6.45) is 12.3. The number of halogens is 1. The molecule has 166 valence electrons. The molecule has 2 aliphatic rings. The molecule has 2 saturated heterocycles. The van der Waals surface area contributed by atoms with Gasteiger partial charge in [0.2, 0.25) is 0 Å². The second-order valence-corrected chi connectivity index (χ2v) is 8.78. The summed E-state index contributed by atoms with van der Waals surface area (Å²) < 4.78 is 2.26. The summed E-state index contributed by atoms with van der Waals surface area (Å²) in [5, 5.41) is 3.52. The highest BCUT2D eigenvalue weighted by Gasteiger charge is 2.28. The van der Waals surface area contributed by atoms with E-state index in [1.54, 1.807) is 0 Å². The lowest BCUT2D eigenvalue weighted by Crippen LogP contribution is -2.49. The molecule has 3 atom stereocenters. The number of hydrogen-bond donors (Lipinski definition) is 1. The molecule has 0 bridgehead atoms. The van der Waals surface area contributed by atoms with E-state index in [1.807, 2.05) is 12.5 Å². The molecule has 7 heteroatoms. The molecule has 0 amide bonds. The van der Waals surface area contributed by atoms with E-state index in [1.165, 1.54) is 51.7 Å². The zero-order chi connectivity index (χ0) is 19.8. The summed E-state index contributed by atoms with van der Waals surface area (Å²) in [6.45, 7) is 14.7. The van der Waals surface area contributed by atoms with Gasteiger partial charge in [-0.25, -0.2) is 4.98 Å². The van der Waals surface area contributed by atoms with Crippen molar-refractivity contribution in [1.29, 1.82) is 0 Å². The highest BCUT2D eigenvalue weighted by molar-refractivity contribution is 14.0. The molecular formula is C22H41IN6. The molecule has 0 aliphatic carbocycles. The lowest BCUT2D eigenvalue weighted by molar-refractivity contribution is 0.181. The monoisotopic (exact) mass is 516 g/mol. The smallest absolute Gasteiger partial charge is 0.193 e. The molecule has 3 unspecified atom stereocenters. The maximum absolute atomic E-state index is 4.96. The van der Waals surface area contributed by atoms with Gasteiger partial charge in [-0.15, -0.1) is 24.0 Å². The van der Waals surface area contributed by atoms with Crippen LogP contribution in [-0.4, -0.2) is 71.1 Å². The Labute approximate surface area is 194 Å². The van der Waals surface area contributed by atoms with Gasteiger partial charge in [-0.1, -0.05) is 13.8 Å². The Morgan fingerprint density at radius 2 is 2.03 bits per heavy atom. The van der Waals surface area contributed by atoms with Crippen LogP contribution in [0.25, 0.3) is 0 Å². The number of imidazole rings is 1. The first kappa shape index (κ1) is 24.4. The highest BCUT2D eigenvalue weighted by atomic mass is 127. The lowest BCUT2D eigenvalue weighted by Gasteiger charge is -2.39. The molecule has 0 aromatic carbocycles. The second kappa shape index (κ2) is 12.8. The quantitative estimate of drug-likeness (QED) is 0.259. The molecule has 3 heterocycles. The Kier molecular flexibility index (Phi) is 10.8. The minimum atomic E-state index is 0. The number of nitrogens with zero attached hydrogens (tertiary/aromatic N) is 5. The second-order valence-electron chi connectivity index (χ2n) is 8.78. The van der Waals surface area contributed by atoms with Crippen molar-refractivity contribution >= 4 is 29.9 Å². The third-order valence-electron chi connectivity index (χ3n) is 6.35. The van der Waals surface area contributed by atoms with E-state index in [0.717, 1.165) is 38.1 Å². The fourth-order valence-corrected chi connectivity index (χ4v) is 4.64. The molecule has 2 aliphatic heterocycles. The molecule has 0 spiro atoms. The largest absolute Gasteiger partial charge is 0.357 e. The number of unbranched alkanes of at least 4 members (excludes halogenated alkanes) is 1. The number of likely N-dealkylation sites (tertiary alicyclic amines) is 2. The van der Waals surface area contributed by atoms with E-state index in [2.05, 4.69) is 51.6 Å². The fourth-order valence-electron chi connectivity index (χ4n) is 4.64. The summed E-state index contributed by atoms with van der Waals surface area (Å²) in [4.78, 5) is 14.3. The fraction of sp³-hybridized carbons (Fsp3) is 0.818. The zero-order valence-corrected chi connectivity index (χ0v) is 20.9. The topological polar surface area (TPSA) is 48.7 Å². The van der Waals surface area contributed by atoms with Crippen LogP contribution in [-0.2, 0) is 0 Å². The summed E-state index contributed by atoms with van der Waals surface area (Å²) in [7, 11) is 0. The van der Waals surface area contributed by atoms with Gasteiger partial charge in [0.1, 0.15) is 0 Å². The van der Waals surface area contributed by atoms with Crippen LogP contribution in [0.2, 0.25) is 0 Å². The van der Waals surface area contributed by atoms with E-state index >= 15 is 0 Å². The van der Waals surface area contributed by atoms with Crippen LogP contribution in [0.4, 0.5) is 0 Å². The first-order valence-corrected chi connectivity index (χ1v) is 11.4. The highest BCUT2D eigenvalue weighted by Crippen LogP contribution is 2.27. The van der Waals surface area contributed by atoms with E-state index in [0.29, 0.717) is 12.0 Å². The van der Waals surface area contributed by atoms with Crippen LogP contribution in [0.3, 0.4) is 0 Å². The Morgan fingerprint density at radius 3 is 2.76 bits per heavy atom. The molecule has 3 rings (SSSR count). The van der Waals surface area contributed by atoms with E-state index < -0.39 is 0 Å². The standard InChI is InChI=1S/C22H40N6.HI/c1-4-24-22(25-10-5-6-12-26-13-7-8-19(2)16-26)27-14-9-20(3)21(17-27)28-15-11-23-18-28;/h11,15,18-21H,4-10,12-14,16-17H2,1-3H3,(H,24,25);1H. The molecule has 1 aromatic rings. The first-order chi connectivity index (χ1) is 13.7. The number of rotatable bonds is 7. The Balaban J connectivity index is 0.00000300. The van der Waals surface area contributed by atoms with Crippen molar-refractivity contribution in [2.75, 3.05) is 45.8 Å². The van der Waals surface area contributed by atoms with Gasteiger partial charge in [-0.3, -0.25) is 4.99 Å². The van der Waals surface area contributed by atoms with Crippen molar-refractivity contribution in [1.82, 2.24) is 24.7 Å². The summed E-state index contributed by atoms with van der Waals surface area (Å²) in [5.74, 6) is 2.63. The maximum atomic E-state index is 4.96. The SMILES string of the molecule is CCNC(=NCCCCN1CCCC(C)C1)N1CCC(C)C(n2ccnc2)C1.I. The summed E-state index contributed by atoms with van der Waals surface area (Å²) >= 11 is 0. The van der Waals surface area contributed by atoms with Gasteiger partial charge in [-0.2, -0.15) is 0 Å². The lowest BCUT2D eigenvalue weighted by atomic mass is 9.93. The number of nitrogens with one attached hydrogen (secondary N) is 1. The molecule has 1 N–H and O–H groups in total. The van der Waals surface area contributed by atoms with Crippen LogP contribution >= 0.6 is 24.0 Å². The first-order valence-electron chi connectivity index (χ1n) is 11.4. The molecule has 29 heavy (non-hydrogen) atoms. The molecule has 0 saturated carbocycles. The number of aliphatic imine (C=N–C) groups is 1. The van der Waals surface area contributed by atoms with Crippen molar-refractivity contribution in [3.8, 4) is 0 Å². The van der Waals surface area contributed by atoms with Gasteiger partial charge in [0.15, 0.2) is 5.96 Å². The van der Waals surface area contributed by atoms with E-state index in [9.17, 15) is 0 Å². The van der Waals surface area contributed by atoms with Crippen molar-refractivity contribution < 1.29 is 0 Å². The van der Waals surface area contributed by atoms with Crippen molar-refractivity contribution in [2.24, 2.45) is 16.8 Å². The summed E-state index contributed by atoms with van der Waals surface area (Å²) in [5.41, 5.74) is 0. The average molecular weight is 517 g/mol. The van der Waals surface area contributed by atoms with Crippen LogP contribution in [0.5, 0.6) is 0 Å². The Bertz CT molecular complexity index is 590. The van der Waals surface area contributed by atoms with Crippen molar-refractivity contribution in [3.05, 3.63) is 18.7 Å². The maximum Gasteiger partial charge on any atom is 0.193 e. The van der Waals surface area contributed by atoms with Crippen molar-refractivity contribution in [2.45, 2.75) is 58.9 Å². The van der Waals surface area contributed by atoms with Gasteiger partial charge < -0.3 is 19.7 Å². The minimum Gasteiger partial charge on any atom is -0.357 e. The van der Waals surface area contributed by atoms with Crippen LogP contribution in [0.15, 0.2) is 23.7 Å². The average Bonchev–Trinajstić information content (AvgIpc) is 3.22. The number of hydrogen-bond acceptors (Lipinski definition) is 3. The Hall–Kier alpha value is -0.830. The number of guanidine groups is 1. The van der Waals surface area contributed by atoms with Crippen molar-refractivity contribution in [3.63, 3.8) is 0 Å². The predicted molar refractivity (Wildman–Crippen MR) is 132 cm³/mol. The van der Waals surface area contributed by atoms with E-state index in [4.69, 9.17) is 4.99 Å². The van der Waals surface area contributed by atoms with Crippen LogP contribution in [0, 0.1) is 11.8 Å². The van der Waals surface area contributed by atoms with Gasteiger partial charge in [-0.05, 0) is 64.0 Å². The number of aromatic nitrogens is 2. The molecule has 0 radical (unpaired) electrons.